The highest BCUT2D eigenvalue weighted by Crippen LogP contribution is 2.31. The first kappa shape index (κ1) is 27.1. The first-order valence-electron chi connectivity index (χ1n) is 14.3. The van der Waals surface area contributed by atoms with Gasteiger partial charge in [0.15, 0.2) is 0 Å². The Morgan fingerprint density at radius 2 is 1.93 bits per heavy atom. The van der Waals surface area contributed by atoms with Gasteiger partial charge in [0.05, 0.1) is 18.8 Å². The van der Waals surface area contributed by atoms with Crippen molar-refractivity contribution in [3.8, 4) is 5.75 Å². The summed E-state index contributed by atoms with van der Waals surface area (Å²) < 4.78 is 7.10. The molecule has 3 aliphatic rings. The molecule has 2 amide bonds. The molecule has 11 nitrogen and oxygen atoms in total. The number of carbonyl (C=O) groups excluding carboxylic acids is 2. The maximum absolute atomic E-state index is 13.9. The number of nitrogens with one attached hydrogen (secondary N) is 2. The van der Waals surface area contributed by atoms with Crippen molar-refractivity contribution in [1.29, 1.82) is 0 Å². The largest absolute Gasteiger partial charge is 0.497 e. The molecule has 0 saturated carbocycles. The molecule has 4 atom stereocenters. The van der Waals surface area contributed by atoms with Crippen molar-refractivity contribution in [2.24, 2.45) is 13.0 Å². The number of nitrogens with zero attached hydrogens (tertiary/aromatic N) is 6. The van der Waals surface area contributed by atoms with Crippen LogP contribution in [0.25, 0.3) is 6.08 Å². The third kappa shape index (κ3) is 5.85. The number of likely N-dealkylation sites (tertiary alicyclic amines) is 1. The Labute approximate surface area is 239 Å². The lowest BCUT2D eigenvalue weighted by molar-refractivity contribution is -0.139. The van der Waals surface area contributed by atoms with Crippen molar-refractivity contribution < 1.29 is 14.3 Å². The molecule has 2 aromatic heterocycles. The Kier molecular flexibility index (Phi) is 7.78. The lowest BCUT2D eigenvalue weighted by Gasteiger charge is -2.27. The number of methoxy groups -OCH3 is 1. The average molecular weight is 557 g/mol. The molecule has 41 heavy (non-hydrogen) atoms. The third-order valence-corrected chi connectivity index (χ3v) is 8.62. The van der Waals surface area contributed by atoms with E-state index in [-0.39, 0.29) is 29.7 Å². The lowest BCUT2D eigenvalue weighted by atomic mass is 9.96. The van der Waals surface area contributed by atoms with E-state index in [0.29, 0.717) is 32.5 Å². The number of ether oxygens (including phenoxy) is 1. The van der Waals surface area contributed by atoms with E-state index in [9.17, 15) is 9.59 Å². The minimum atomic E-state index is -0.511. The van der Waals surface area contributed by atoms with Gasteiger partial charge >= 0.3 is 0 Å². The Morgan fingerprint density at radius 1 is 1.12 bits per heavy atom. The second-order valence-corrected chi connectivity index (χ2v) is 11.3. The van der Waals surface area contributed by atoms with E-state index in [1.807, 2.05) is 37.7 Å². The molecule has 1 aliphatic carbocycles. The highest BCUT2D eigenvalue weighted by atomic mass is 16.5. The smallest absolute Gasteiger partial charge is 0.243 e. The van der Waals surface area contributed by atoms with E-state index in [1.54, 1.807) is 16.7 Å². The van der Waals surface area contributed by atoms with Gasteiger partial charge in [-0.05, 0) is 72.9 Å². The van der Waals surface area contributed by atoms with E-state index < -0.39 is 6.04 Å². The van der Waals surface area contributed by atoms with Gasteiger partial charge in [0, 0.05) is 45.0 Å². The summed E-state index contributed by atoms with van der Waals surface area (Å²) in [6.45, 7) is 1.67. The fourth-order valence-corrected chi connectivity index (χ4v) is 6.35. The van der Waals surface area contributed by atoms with Gasteiger partial charge in [-0.2, -0.15) is 0 Å². The predicted octanol–water partition coefficient (Wildman–Crippen LogP) is 1.67. The van der Waals surface area contributed by atoms with Gasteiger partial charge in [0.25, 0.3) is 0 Å². The first-order valence-corrected chi connectivity index (χ1v) is 14.3. The van der Waals surface area contributed by atoms with Crippen LogP contribution in [0.5, 0.6) is 5.75 Å². The summed E-state index contributed by atoms with van der Waals surface area (Å²) in [6.07, 6.45) is 10.9. The van der Waals surface area contributed by atoms with Crippen molar-refractivity contribution >= 4 is 17.9 Å². The number of benzene rings is 1. The molecular formula is C30H36N8O3. The minimum Gasteiger partial charge on any atom is -0.497 e. The Balaban J connectivity index is 1.15. The molecule has 2 fully saturated rings. The molecule has 4 heterocycles. The standard InChI is InChI=1S/C30H36N8O3/c1-37-27-8-5-20(10-25(27)35-36-37)13-34-29(39)28-11-21(9-19-3-6-24(41-2)7-4-19)17-38(28)30(40)26-12-22(16-33-26)23-14-31-18-32-15-23/h3-4,6-7,10,14-15,18,21-22,26,28,33H,5,8-9,11-13,16-17H2,1-2H3,(H,34,39). The Morgan fingerprint density at radius 3 is 2.71 bits per heavy atom. The zero-order valence-electron chi connectivity index (χ0n) is 23.5. The van der Waals surface area contributed by atoms with Crippen LogP contribution in [0.3, 0.4) is 0 Å². The first-order chi connectivity index (χ1) is 20.0. The van der Waals surface area contributed by atoms with Crippen LogP contribution >= 0.6 is 0 Å². The topological polar surface area (TPSA) is 127 Å². The van der Waals surface area contributed by atoms with Crippen molar-refractivity contribution in [3.05, 3.63) is 71.1 Å². The number of aromatic nitrogens is 5. The average Bonchev–Trinajstić information content (AvgIpc) is 3.76. The number of fused-ring (bicyclic) bond motifs is 1. The van der Waals surface area contributed by atoms with Crippen LogP contribution in [-0.2, 0) is 29.5 Å². The lowest BCUT2D eigenvalue weighted by Crippen LogP contribution is -2.51. The molecule has 0 bridgehead atoms. The van der Waals surface area contributed by atoms with E-state index in [2.05, 4.69) is 43.0 Å². The molecule has 0 radical (unpaired) electrons. The number of amides is 2. The van der Waals surface area contributed by atoms with Gasteiger partial charge in [-0.15, -0.1) is 5.10 Å². The molecule has 4 unspecified atom stereocenters. The minimum absolute atomic E-state index is 0.0113. The number of aryl methyl sites for hydroxylation is 1. The molecule has 2 N–H and O–H groups in total. The second kappa shape index (κ2) is 11.8. The van der Waals surface area contributed by atoms with Gasteiger partial charge in [0.2, 0.25) is 11.8 Å². The second-order valence-electron chi connectivity index (χ2n) is 11.3. The molecular weight excluding hydrogens is 520 g/mol. The summed E-state index contributed by atoms with van der Waals surface area (Å²) in [4.78, 5) is 37.6. The molecule has 2 aliphatic heterocycles. The van der Waals surface area contributed by atoms with Gasteiger partial charge in [0.1, 0.15) is 23.8 Å². The van der Waals surface area contributed by atoms with E-state index >= 15 is 0 Å². The van der Waals surface area contributed by atoms with Gasteiger partial charge in [-0.25, -0.2) is 9.97 Å². The monoisotopic (exact) mass is 556 g/mol. The zero-order valence-corrected chi connectivity index (χ0v) is 23.5. The van der Waals surface area contributed by atoms with E-state index in [0.717, 1.165) is 47.5 Å². The Hall–Kier alpha value is -4.12. The summed E-state index contributed by atoms with van der Waals surface area (Å²) in [6, 6.07) is 7.16. The van der Waals surface area contributed by atoms with Crippen LogP contribution in [0.1, 0.15) is 47.7 Å². The van der Waals surface area contributed by atoms with E-state index in [4.69, 9.17) is 4.74 Å². The summed E-state index contributed by atoms with van der Waals surface area (Å²) in [5.74, 6) is 1.04. The normalized spacial score (nSPS) is 23.7. The van der Waals surface area contributed by atoms with Gasteiger partial charge in [-0.3, -0.25) is 14.3 Å². The van der Waals surface area contributed by atoms with Crippen molar-refractivity contribution in [2.75, 3.05) is 26.7 Å². The number of carbonyl (C=O) groups is 2. The molecule has 11 heteroatoms. The van der Waals surface area contributed by atoms with Gasteiger partial charge < -0.3 is 20.3 Å². The predicted molar refractivity (Wildman–Crippen MR) is 152 cm³/mol. The van der Waals surface area contributed by atoms with Crippen LogP contribution in [-0.4, -0.2) is 80.5 Å². The number of rotatable bonds is 8. The molecule has 1 aromatic carbocycles. The van der Waals surface area contributed by atoms with Crippen molar-refractivity contribution in [2.45, 2.75) is 50.1 Å². The van der Waals surface area contributed by atoms with Crippen molar-refractivity contribution in [1.82, 2.24) is 40.5 Å². The van der Waals surface area contributed by atoms with E-state index in [1.165, 1.54) is 11.9 Å². The highest BCUT2D eigenvalue weighted by Gasteiger charge is 2.43. The SMILES string of the molecule is COc1ccc(CC2CC(C(=O)NCC3=Cc4nnn(C)c4CC3)N(C(=O)C3CC(c4cncnc4)CN3)C2)cc1. The maximum Gasteiger partial charge on any atom is 0.243 e. The number of hydrogen-bond acceptors (Lipinski definition) is 8. The number of hydrogen-bond donors (Lipinski definition) is 2. The molecule has 214 valence electrons. The van der Waals surface area contributed by atoms with Crippen molar-refractivity contribution in [3.63, 3.8) is 0 Å². The molecule has 6 rings (SSSR count). The summed E-state index contributed by atoms with van der Waals surface area (Å²) in [5.41, 5.74) is 5.28. The van der Waals surface area contributed by atoms with Crippen LogP contribution in [0.4, 0.5) is 0 Å². The molecule has 0 spiro atoms. The Bertz CT molecular complexity index is 1420. The fraction of sp³-hybridized carbons (Fsp3) is 0.467. The maximum atomic E-state index is 13.9. The quantitative estimate of drug-likeness (QED) is 0.429. The molecule has 3 aromatic rings. The van der Waals surface area contributed by atoms with Crippen LogP contribution in [0.2, 0.25) is 0 Å². The summed E-state index contributed by atoms with van der Waals surface area (Å²) in [5, 5.41) is 14.9. The third-order valence-electron chi connectivity index (χ3n) is 8.62. The fourth-order valence-electron chi connectivity index (χ4n) is 6.35. The summed E-state index contributed by atoms with van der Waals surface area (Å²) in [7, 11) is 3.55. The van der Waals surface area contributed by atoms with Crippen LogP contribution in [0.15, 0.2) is 48.6 Å². The highest BCUT2D eigenvalue weighted by molar-refractivity contribution is 5.91. The van der Waals surface area contributed by atoms with Crippen LogP contribution < -0.4 is 15.4 Å². The van der Waals surface area contributed by atoms with Crippen LogP contribution in [0, 0.1) is 5.92 Å². The molecule has 2 saturated heterocycles. The van der Waals surface area contributed by atoms with Gasteiger partial charge in [-0.1, -0.05) is 17.3 Å². The zero-order chi connectivity index (χ0) is 28.3. The summed E-state index contributed by atoms with van der Waals surface area (Å²) >= 11 is 0.